The number of rotatable bonds is 4. The van der Waals surface area contributed by atoms with Crippen LogP contribution in [0, 0.1) is 0 Å². The third-order valence-electron chi connectivity index (χ3n) is 1.75. The van der Waals surface area contributed by atoms with Crippen LogP contribution >= 0.6 is 23.2 Å². The van der Waals surface area contributed by atoms with Crippen molar-refractivity contribution in [2.24, 2.45) is 0 Å². The minimum atomic E-state index is 0.143. The zero-order chi connectivity index (χ0) is 11.4. The molecular weight excluding hydrogens is 253 g/mol. The molecule has 0 aliphatic heterocycles. The summed E-state index contributed by atoms with van der Waals surface area (Å²) in [7, 11) is 0. The second kappa shape index (κ2) is 5.09. The van der Waals surface area contributed by atoms with Gasteiger partial charge < -0.3 is 9.84 Å². The molecule has 0 fully saturated rings. The number of aromatic nitrogens is 4. The maximum absolute atomic E-state index is 5.86. The number of nitrogens with zero attached hydrogens (tertiary/aromatic N) is 4. The topological polar surface area (TPSA) is 76.7 Å². The van der Waals surface area contributed by atoms with Crippen molar-refractivity contribution in [2.45, 2.75) is 6.42 Å². The Balaban J connectivity index is 1.92. The molecular formula is C8H7Cl2N5O. The normalized spacial score (nSPS) is 10.4. The van der Waals surface area contributed by atoms with Crippen LogP contribution in [0.3, 0.4) is 0 Å². The fraction of sp³-hybridized carbons (Fsp3) is 0.250. The van der Waals surface area contributed by atoms with Crippen molar-refractivity contribution in [2.75, 3.05) is 11.9 Å². The quantitative estimate of drug-likeness (QED) is 0.845. The lowest BCUT2D eigenvalue weighted by Crippen LogP contribution is -2.07. The first kappa shape index (κ1) is 11.1. The van der Waals surface area contributed by atoms with E-state index < -0.39 is 0 Å². The van der Waals surface area contributed by atoms with Crippen LogP contribution in [0.4, 0.5) is 5.82 Å². The lowest BCUT2D eigenvalue weighted by atomic mass is 10.4. The van der Waals surface area contributed by atoms with E-state index in [1.165, 1.54) is 12.5 Å². The van der Waals surface area contributed by atoms with Crippen molar-refractivity contribution in [3.8, 4) is 0 Å². The van der Waals surface area contributed by atoms with Gasteiger partial charge in [-0.2, -0.15) is 9.97 Å². The van der Waals surface area contributed by atoms with Crippen LogP contribution in [-0.4, -0.2) is 26.7 Å². The standard InChI is InChI=1S/C8H7Cl2N5O/c9-5-3-12-8(10)15-7(5)11-2-1-6-13-4-14-16-6/h3-4H,1-2H2,(H,11,12,15). The van der Waals surface area contributed by atoms with Gasteiger partial charge >= 0.3 is 0 Å². The van der Waals surface area contributed by atoms with E-state index in [0.717, 1.165) is 0 Å². The average molecular weight is 260 g/mol. The van der Waals surface area contributed by atoms with Crippen LogP contribution in [0.15, 0.2) is 17.0 Å². The molecule has 0 radical (unpaired) electrons. The molecule has 2 aromatic rings. The van der Waals surface area contributed by atoms with Gasteiger partial charge in [0.2, 0.25) is 11.2 Å². The monoisotopic (exact) mass is 259 g/mol. The van der Waals surface area contributed by atoms with Gasteiger partial charge in [-0.3, -0.25) is 0 Å². The number of nitrogens with one attached hydrogen (secondary N) is 1. The molecule has 0 amide bonds. The highest BCUT2D eigenvalue weighted by Crippen LogP contribution is 2.18. The molecule has 8 heteroatoms. The van der Waals surface area contributed by atoms with E-state index >= 15 is 0 Å². The minimum Gasteiger partial charge on any atom is -0.368 e. The van der Waals surface area contributed by atoms with Crippen LogP contribution in [0.5, 0.6) is 0 Å². The highest BCUT2D eigenvalue weighted by molar-refractivity contribution is 6.33. The highest BCUT2D eigenvalue weighted by Gasteiger charge is 2.04. The van der Waals surface area contributed by atoms with Crippen molar-refractivity contribution in [3.05, 3.63) is 28.7 Å². The lowest BCUT2D eigenvalue weighted by Gasteiger charge is -2.05. The van der Waals surface area contributed by atoms with Gasteiger partial charge in [0.15, 0.2) is 6.33 Å². The van der Waals surface area contributed by atoms with E-state index in [0.29, 0.717) is 29.7 Å². The van der Waals surface area contributed by atoms with Gasteiger partial charge in [-0.05, 0) is 11.6 Å². The van der Waals surface area contributed by atoms with Crippen LogP contribution in [0.2, 0.25) is 10.3 Å². The summed E-state index contributed by atoms with van der Waals surface area (Å²) < 4.78 is 4.83. The predicted molar refractivity (Wildman–Crippen MR) is 58.5 cm³/mol. The van der Waals surface area contributed by atoms with Gasteiger partial charge in [-0.1, -0.05) is 16.8 Å². The Bertz CT molecular complexity index is 461. The highest BCUT2D eigenvalue weighted by atomic mass is 35.5. The Labute approximate surface area is 101 Å². The summed E-state index contributed by atoms with van der Waals surface area (Å²) in [5.74, 6) is 1.03. The summed E-state index contributed by atoms with van der Waals surface area (Å²) in [4.78, 5) is 11.6. The predicted octanol–water partition coefficient (Wildman–Crippen LogP) is 1.82. The molecule has 0 aliphatic carbocycles. The molecule has 0 atom stereocenters. The first-order valence-corrected chi connectivity index (χ1v) is 5.19. The Morgan fingerprint density at radius 3 is 2.94 bits per heavy atom. The van der Waals surface area contributed by atoms with Crippen molar-refractivity contribution < 1.29 is 4.52 Å². The molecule has 0 spiro atoms. The largest absolute Gasteiger partial charge is 0.368 e. The summed E-state index contributed by atoms with van der Waals surface area (Å²) in [6, 6.07) is 0. The van der Waals surface area contributed by atoms with Gasteiger partial charge in [0.1, 0.15) is 10.8 Å². The molecule has 0 aliphatic rings. The fourth-order valence-corrected chi connectivity index (χ4v) is 1.35. The van der Waals surface area contributed by atoms with Crippen molar-refractivity contribution in [1.82, 2.24) is 20.1 Å². The second-order valence-electron chi connectivity index (χ2n) is 2.85. The van der Waals surface area contributed by atoms with E-state index in [-0.39, 0.29) is 5.28 Å². The zero-order valence-electron chi connectivity index (χ0n) is 8.02. The Morgan fingerprint density at radius 2 is 2.19 bits per heavy atom. The van der Waals surface area contributed by atoms with Crippen LogP contribution < -0.4 is 5.32 Å². The Morgan fingerprint density at radius 1 is 1.31 bits per heavy atom. The maximum atomic E-state index is 5.86. The molecule has 6 nitrogen and oxygen atoms in total. The van der Waals surface area contributed by atoms with E-state index in [2.05, 4.69) is 25.4 Å². The van der Waals surface area contributed by atoms with Crippen LogP contribution in [0.1, 0.15) is 5.89 Å². The fourth-order valence-electron chi connectivity index (χ4n) is 1.06. The van der Waals surface area contributed by atoms with Crippen molar-refractivity contribution in [1.29, 1.82) is 0 Å². The number of hydrogen-bond acceptors (Lipinski definition) is 6. The van der Waals surface area contributed by atoms with Crippen LogP contribution in [0.25, 0.3) is 0 Å². The number of anilines is 1. The van der Waals surface area contributed by atoms with Gasteiger partial charge in [0.05, 0.1) is 6.20 Å². The van der Waals surface area contributed by atoms with Gasteiger partial charge in [-0.15, -0.1) is 0 Å². The Hall–Kier alpha value is -1.40. The molecule has 1 N–H and O–H groups in total. The van der Waals surface area contributed by atoms with E-state index in [9.17, 15) is 0 Å². The van der Waals surface area contributed by atoms with Gasteiger partial charge in [0, 0.05) is 13.0 Å². The summed E-state index contributed by atoms with van der Waals surface area (Å²) in [5.41, 5.74) is 0. The summed E-state index contributed by atoms with van der Waals surface area (Å²) in [6.07, 6.45) is 3.37. The lowest BCUT2D eigenvalue weighted by molar-refractivity contribution is 0.379. The third-order valence-corrected chi connectivity index (χ3v) is 2.21. The molecule has 0 saturated heterocycles. The van der Waals surface area contributed by atoms with Gasteiger partial charge in [-0.25, -0.2) is 4.98 Å². The molecule has 0 bridgehead atoms. The summed E-state index contributed by atoms with van der Waals surface area (Å²) >= 11 is 11.5. The van der Waals surface area contributed by atoms with Crippen molar-refractivity contribution >= 4 is 29.0 Å². The van der Waals surface area contributed by atoms with Crippen LogP contribution in [-0.2, 0) is 6.42 Å². The molecule has 2 rings (SSSR count). The van der Waals surface area contributed by atoms with E-state index in [4.69, 9.17) is 27.7 Å². The maximum Gasteiger partial charge on any atom is 0.228 e. The summed E-state index contributed by atoms with van der Waals surface area (Å²) in [6.45, 7) is 0.565. The first-order valence-electron chi connectivity index (χ1n) is 4.43. The molecule has 16 heavy (non-hydrogen) atoms. The minimum absolute atomic E-state index is 0.143. The molecule has 84 valence electrons. The second-order valence-corrected chi connectivity index (χ2v) is 3.59. The Kier molecular flexibility index (Phi) is 3.53. The molecule has 0 saturated carbocycles. The summed E-state index contributed by atoms with van der Waals surface area (Å²) in [5, 5.41) is 7.04. The van der Waals surface area contributed by atoms with E-state index in [1.807, 2.05) is 0 Å². The van der Waals surface area contributed by atoms with E-state index in [1.54, 1.807) is 0 Å². The number of hydrogen-bond donors (Lipinski definition) is 1. The molecule has 2 aromatic heterocycles. The van der Waals surface area contributed by atoms with Gasteiger partial charge in [0.25, 0.3) is 0 Å². The molecule has 2 heterocycles. The first-order chi connectivity index (χ1) is 7.75. The molecule has 0 unspecified atom stereocenters. The van der Waals surface area contributed by atoms with Crippen molar-refractivity contribution in [3.63, 3.8) is 0 Å². The smallest absolute Gasteiger partial charge is 0.228 e. The average Bonchev–Trinajstić information content (AvgIpc) is 2.76. The number of halogens is 2. The third kappa shape index (κ3) is 2.80. The molecule has 0 aromatic carbocycles. The SMILES string of the molecule is Clc1ncc(Cl)c(NCCc2ncno2)n1. The zero-order valence-corrected chi connectivity index (χ0v) is 9.53.